The topological polar surface area (TPSA) is 44.5 Å². The van der Waals surface area contributed by atoms with Gasteiger partial charge in [-0.05, 0) is 31.2 Å². The van der Waals surface area contributed by atoms with Crippen molar-refractivity contribution < 1.29 is 9.47 Å². The monoisotopic (exact) mass is 289 g/mol. The Morgan fingerprint density at radius 1 is 0.900 bits per heavy atom. The van der Waals surface area contributed by atoms with E-state index in [-0.39, 0.29) is 6.04 Å². The molecule has 0 heterocycles. The van der Waals surface area contributed by atoms with Gasteiger partial charge in [-0.15, -0.1) is 0 Å². The van der Waals surface area contributed by atoms with Gasteiger partial charge in [0.2, 0.25) is 0 Å². The third-order valence-electron chi connectivity index (χ3n) is 2.99. The fourth-order valence-corrected chi connectivity index (χ4v) is 3.24. The second kappa shape index (κ2) is 6.68. The molecule has 1 unspecified atom stereocenters. The normalized spacial score (nSPS) is 12.0. The number of hydrogen-bond acceptors (Lipinski definition) is 4. The van der Waals surface area contributed by atoms with Crippen LogP contribution in [0.1, 0.15) is 18.5 Å². The van der Waals surface area contributed by atoms with Crippen molar-refractivity contribution in [2.45, 2.75) is 22.8 Å². The maximum absolute atomic E-state index is 6.09. The predicted octanol–water partition coefficient (Wildman–Crippen LogP) is 3.87. The summed E-state index contributed by atoms with van der Waals surface area (Å²) < 4.78 is 10.8. The van der Waals surface area contributed by atoms with Crippen LogP contribution in [-0.4, -0.2) is 14.2 Å². The molecule has 2 aromatic carbocycles. The number of nitrogens with two attached hydrogens (primary N) is 1. The Morgan fingerprint density at radius 2 is 1.50 bits per heavy atom. The van der Waals surface area contributed by atoms with Crippen LogP contribution in [0.4, 0.5) is 0 Å². The lowest BCUT2D eigenvalue weighted by molar-refractivity contribution is 0.403. The summed E-state index contributed by atoms with van der Waals surface area (Å²) in [6.07, 6.45) is 0. The van der Waals surface area contributed by atoms with Gasteiger partial charge in [-0.2, -0.15) is 0 Å². The zero-order valence-corrected chi connectivity index (χ0v) is 12.7. The molecule has 0 radical (unpaired) electrons. The molecule has 1 atom stereocenters. The molecular formula is C16H19NO2S. The summed E-state index contributed by atoms with van der Waals surface area (Å²) in [5.74, 6) is 1.68. The van der Waals surface area contributed by atoms with Crippen LogP contribution in [0.15, 0.2) is 52.3 Å². The predicted molar refractivity (Wildman–Crippen MR) is 82.7 cm³/mol. The standard InChI is InChI=1S/C16H19NO2S/c1-11(17)16-13(19-3)8-6-10-15(16)20-14-9-5-4-7-12(14)18-2/h4-11H,17H2,1-3H3. The number of rotatable bonds is 5. The molecule has 106 valence electrons. The van der Waals surface area contributed by atoms with E-state index in [9.17, 15) is 0 Å². The molecule has 0 spiro atoms. The average Bonchev–Trinajstić information content (AvgIpc) is 2.47. The number of benzene rings is 2. The Hall–Kier alpha value is -1.65. The molecule has 0 saturated carbocycles. The maximum Gasteiger partial charge on any atom is 0.132 e. The third-order valence-corrected chi connectivity index (χ3v) is 4.12. The highest BCUT2D eigenvalue weighted by atomic mass is 32.2. The number of para-hydroxylation sites is 1. The molecule has 0 fully saturated rings. The van der Waals surface area contributed by atoms with Crippen molar-refractivity contribution >= 4 is 11.8 Å². The molecule has 2 rings (SSSR count). The van der Waals surface area contributed by atoms with Crippen molar-refractivity contribution in [2.24, 2.45) is 5.73 Å². The van der Waals surface area contributed by atoms with Crippen molar-refractivity contribution in [3.8, 4) is 11.5 Å². The second-order valence-electron chi connectivity index (χ2n) is 4.41. The molecule has 0 amide bonds. The van der Waals surface area contributed by atoms with Gasteiger partial charge in [0.1, 0.15) is 11.5 Å². The van der Waals surface area contributed by atoms with Crippen LogP contribution in [0, 0.1) is 0 Å². The molecular weight excluding hydrogens is 270 g/mol. The molecule has 0 aliphatic carbocycles. The fourth-order valence-electron chi connectivity index (χ4n) is 2.06. The van der Waals surface area contributed by atoms with Gasteiger partial charge in [0.15, 0.2) is 0 Å². The minimum absolute atomic E-state index is 0.0941. The van der Waals surface area contributed by atoms with Gasteiger partial charge in [-0.1, -0.05) is 30.0 Å². The zero-order chi connectivity index (χ0) is 14.5. The highest BCUT2D eigenvalue weighted by Gasteiger charge is 2.15. The smallest absolute Gasteiger partial charge is 0.132 e. The minimum Gasteiger partial charge on any atom is -0.496 e. The van der Waals surface area contributed by atoms with Crippen LogP contribution in [-0.2, 0) is 0 Å². The summed E-state index contributed by atoms with van der Waals surface area (Å²) in [6, 6.07) is 13.8. The van der Waals surface area contributed by atoms with Gasteiger partial charge >= 0.3 is 0 Å². The molecule has 0 aromatic heterocycles. The lowest BCUT2D eigenvalue weighted by atomic mass is 10.1. The highest BCUT2D eigenvalue weighted by molar-refractivity contribution is 7.99. The van der Waals surface area contributed by atoms with Gasteiger partial charge in [0.25, 0.3) is 0 Å². The largest absolute Gasteiger partial charge is 0.496 e. The van der Waals surface area contributed by atoms with Crippen LogP contribution < -0.4 is 15.2 Å². The molecule has 2 N–H and O–H groups in total. The Morgan fingerprint density at radius 3 is 2.15 bits per heavy atom. The van der Waals surface area contributed by atoms with Gasteiger partial charge in [-0.3, -0.25) is 0 Å². The van der Waals surface area contributed by atoms with Gasteiger partial charge in [-0.25, -0.2) is 0 Å². The van der Waals surface area contributed by atoms with Crippen LogP contribution in [0.5, 0.6) is 11.5 Å². The third kappa shape index (κ3) is 3.08. The lowest BCUT2D eigenvalue weighted by Gasteiger charge is -2.17. The van der Waals surface area contributed by atoms with E-state index in [0.717, 1.165) is 26.9 Å². The SMILES string of the molecule is COc1ccccc1Sc1cccc(OC)c1C(C)N. The Kier molecular flexibility index (Phi) is 4.93. The summed E-state index contributed by atoms with van der Waals surface area (Å²) in [5.41, 5.74) is 7.11. The Bertz CT molecular complexity index is 584. The van der Waals surface area contributed by atoms with E-state index < -0.39 is 0 Å². The van der Waals surface area contributed by atoms with E-state index >= 15 is 0 Å². The molecule has 0 aliphatic rings. The lowest BCUT2D eigenvalue weighted by Crippen LogP contribution is -2.08. The molecule has 2 aromatic rings. The van der Waals surface area contributed by atoms with Crippen molar-refractivity contribution in [1.29, 1.82) is 0 Å². The first-order valence-corrected chi connectivity index (χ1v) is 7.22. The number of ether oxygens (including phenoxy) is 2. The van der Waals surface area contributed by atoms with E-state index in [2.05, 4.69) is 6.07 Å². The summed E-state index contributed by atoms with van der Waals surface area (Å²) in [6.45, 7) is 1.96. The van der Waals surface area contributed by atoms with Crippen LogP contribution in [0.3, 0.4) is 0 Å². The quantitative estimate of drug-likeness (QED) is 0.907. The number of methoxy groups -OCH3 is 2. The zero-order valence-electron chi connectivity index (χ0n) is 11.9. The maximum atomic E-state index is 6.09. The summed E-state index contributed by atoms with van der Waals surface area (Å²) in [4.78, 5) is 2.15. The Balaban J connectivity index is 2.43. The second-order valence-corrected chi connectivity index (χ2v) is 5.50. The first kappa shape index (κ1) is 14.8. The van der Waals surface area contributed by atoms with Crippen molar-refractivity contribution in [3.63, 3.8) is 0 Å². The van der Waals surface area contributed by atoms with E-state index in [4.69, 9.17) is 15.2 Å². The molecule has 4 heteroatoms. The van der Waals surface area contributed by atoms with E-state index in [1.807, 2.05) is 43.3 Å². The van der Waals surface area contributed by atoms with Crippen molar-refractivity contribution in [1.82, 2.24) is 0 Å². The van der Waals surface area contributed by atoms with Gasteiger partial charge < -0.3 is 15.2 Å². The van der Waals surface area contributed by atoms with E-state index in [1.54, 1.807) is 26.0 Å². The van der Waals surface area contributed by atoms with Crippen molar-refractivity contribution in [3.05, 3.63) is 48.0 Å². The average molecular weight is 289 g/mol. The molecule has 20 heavy (non-hydrogen) atoms. The molecule has 0 aliphatic heterocycles. The van der Waals surface area contributed by atoms with Crippen LogP contribution >= 0.6 is 11.8 Å². The highest BCUT2D eigenvalue weighted by Crippen LogP contribution is 2.40. The summed E-state index contributed by atoms with van der Waals surface area (Å²) in [5, 5.41) is 0. The summed E-state index contributed by atoms with van der Waals surface area (Å²) >= 11 is 1.64. The molecule has 3 nitrogen and oxygen atoms in total. The fraction of sp³-hybridized carbons (Fsp3) is 0.250. The van der Waals surface area contributed by atoms with E-state index in [1.165, 1.54) is 0 Å². The van der Waals surface area contributed by atoms with Gasteiger partial charge in [0.05, 0.1) is 19.1 Å². The molecule has 0 bridgehead atoms. The van der Waals surface area contributed by atoms with Crippen LogP contribution in [0.25, 0.3) is 0 Å². The molecule has 0 saturated heterocycles. The Labute approximate surface area is 124 Å². The van der Waals surface area contributed by atoms with Gasteiger partial charge in [0, 0.05) is 16.5 Å². The number of hydrogen-bond donors (Lipinski definition) is 1. The van der Waals surface area contributed by atoms with E-state index in [0.29, 0.717) is 0 Å². The summed E-state index contributed by atoms with van der Waals surface area (Å²) in [7, 11) is 3.34. The first-order chi connectivity index (χ1) is 9.67. The van der Waals surface area contributed by atoms with Crippen LogP contribution in [0.2, 0.25) is 0 Å². The minimum atomic E-state index is -0.0941. The first-order valence-electron chi connectivity index (χ1n) is 6.40. The van der Waals surface area contributed by atoms with Crippen molar-refractivity contribution in [2.75, 3.05) is 14.2 Å².